The zero-order chi connectivity index (χ0) is 58.1. The summed E-state index contributed by atoms with van der Waals surface area (Å²) in [5, 5.41) is -1.44. The van der Waals surface area contributed by atoms with Crippen LogP contribution in [-0.4, -0.2) is 178 Å². The van der Waals surface area contributed by atoms with Crippen molar-refractivity contribution in [1.82, 2.24) is 12.3 Å². The summed E-state index contributed by atoms with van der Waals surface area (Å²) in [6, 6.07) is 15.1. The molecule has 6 rings (SSSR count). The first-order valence-electron chi connectivity index (χ1n) is 19.0. The van der Waals surface area contributed by atoms with Gasteiger partial charge >= 0.3 is 119 Å². The monoisotopic (exact) mass is 1410 g/mol. The van der Waals surface area contributed by atoms with Crippen LogP contribution >= 0.6 is 0 Å². The third kappa shape index (κ3) is 17.5. The van der Waals surface area contributed by atoms with E-state index in [9.17, 15) is 117 Å². The molecule has 15 N–H and O–H groups in total. The topological polar surface area (TPSA) is 559 Å². The van der Waals surface area contributed by atoms with Gasteiger partial charge in [-0.1, -0.05) is 92.5 Å². The van der Waals surface area contributed by atoms with E-state index in [1.54, 1.807) is 0 Å². The second kappa shape index (κ2) is 27.7. The van der Waals surface area contributed by atoms with Gasteiger partial charge in [-0.15, -0.1) is 0 Å². The van der Waals surface area contributed by atoms with E-state index in [0.29, 0.717) is 0 Å². The van der Waals surface area contributed by atoms with Crippen LogP contribution in [0.3, 0.4) is 0 Å². The van der Waals surface area contributed by atoms with Crippen LogP contribution in [0.25, 0.3) is 49.0 Å². The number of allylic oxidation sites excluding steroid dienone is 3. The minimum absolute atomic E-state index is 0. The molecule has 0 saturated heterocycles. The van der Waals surface area contributed by atoms with E-state index in [1.807, 2.05) is 0 Å². The van der Waals surface area contributed by atoms with Gasteiger partial charge in [0.05, 0.1) is 0 Å². The summed E-state index contributed by atoms with van der Waals surface area (Å²) in [6.07, 6.45) is 0. The van der Waals surface area contributed by atoms with Crippen LogP contribution in [0, 0.1) is 0 Å². The van der Waals surface area contributed by atoms with E-state index in [1.165, 1.54) is 75.4 Å². The van der Waals surface area contributed by atoms with Crippen molar-refractivity contribution in [2.24, 2.45) is 0 Å². The number of benzene rings is 6. The fourth-order valence-electron chi connectivity index (χ4n) is 7.56. The van der Waals surface area contributed by atoms with Gasteiger partial charge in [-0.05, 0) is 53.6 Å². The first-order chi connectivity index (χ1) is 33.5. The molecule has 424 valence electrons. The van der Waals surface area contributed by atoms with Gasteiger partial charge in [-0.25, -0.2) is 0 Å². The molecule has 0 aliphatic carbocycles. The minimum Gasteiger partial charge on any atom is -0.344 e. The molecule has 0 bridgehead atoms. The third-order valence-electron chi connectivity index (χ3n) is 9.84. The molecule has 29 nitrogen and oxygen atoms in total. The van der Waals surface area contributed by atoms with Crippen molar-refractivity contribution in [2.75, 3.05) is 0 Å². The van der Waals surface area contributed by atoms with Crippen molar-refractivity contribution in [2.45, 2.75) is 64.8 Å². The summed E-state index contributed by atoms with van der Waals surface area (Å²) in [7, 11) is -48.5. The van der Waals surface area contributed by atoms with Gasteiger partial charge in [0.25, 0.3) is 91.1 Å². The fourth-order valence-corrected chi connectivity index (χ4v) is 18.6. The van der Waals surface area contributed by atoms with Crippen molar-refractivity contribution >= 4 is 201 Å². The summed E-state index contributed by atoms with van der Waals surface area (Å²) in [6.45, 7) is 14.4. The van der Waals surface area contributed by atoms with Crippen LogP contribution in [0.1, 0.15) is 37.5 Å². The van der Waals surface area contributed by atoms with Crippen molar-refractivity contribution in [1.29, 1.82) is 0 Å². The summed E-state index contributed by atoms with van der Waals surface area (Å²) in [5.74, 6) is 0. The third-order valence-corrected chi connectivity index (χ3v) is 19.0. The molecule has 6 aromatic carbocycles. The van der Waals surface area contributed by atoms with Crippen molar-refractivity contribution < 1.29 is 175 Å². The first-order valence-corrected chi connectivity index (χ1v) is 32.0. The maximum Gasteiger partial charge on any atom is 2.00 e. The second-order valence-electron chi connectivity index (χ2n) is 15.3. The normalized spacial score (nSPS) is 12.3. The van der Waals surface area contributed by atoms with Gasteiger partial charge in [-0.3, -0.25) is 41.0 Å². The molecule has 0 unspecified atom stereocenters. The van der Waals surface area contributed by atoms with E-state index in [2.05, 4.69) is 19.7 Å². The molecule has 80 heavy (non-hydrogen) atoms. The molecule has 0 atom stereocenters. The molecule has 0 radical (unpaired) electrons. The Morgan fingerprint density at radius 1 is 0.287 bits per heavy atom. The maximum absolute atomic E-state index is 11.8. The van der Waals surface area contributed by atoms with Crippen LogP contribution in [0.15, 0.2) is 137 Å². The first kappa shape index (κ1) is 80.3. The van der Waals surface area contributed by atoms with Crippen LogP contribution in [-0.2, 0) is 91.1 Å². The molecule has 0 heterocycles. The minimum atomic E-state index is -5.50. The quantitative estimate of drug-likeness (QED) is 0.0609. The molecule has 0 amide bonds. The molecule has 0 fully saturated rings. The molecule has 6 aromatic rings. The fraction of sp³-hybridized carbons (Fsp3) is 0.0769. The summed E-state index contributed by atoms with van der Waals surface area (Å²) in [5.41, 5.74) is -1.31. The summed E-state index contributed by atoms with van der Waals surface area (Å²) in [4.78, 5) is -13.1. The zero-order valence-electron chi connectivity index (χ0n) is 41.4. The van der Waals surface area contributed by atoms with Gasteiger partial charge in [0.2, 0.25) is 0 Å². The molecule has 0 aliphatic rings. The average Bonchev–Trinajstić information content (AvgIpc) is 3.20. The van der Waals surface area contributed by atoms with Crippen LogP contribution in [0.2, 0.25) is 0 Å². The van der Waals surface area contributed by atoms with Gasteiger partial charge < -0.3 is 12.3 Å². The van der Waals surface area contributed by atoms with Crippen LogP contribution in [0.4, 0.5) is 0 Å². The smallest absolute Gasteiger partial charge is 0.344 e. The van der Waals surface area contributed by atoms with Crippen molar-refractivity contribution in [3.63, 3.8) is 0 Å². The molecule has 0 aromatic heterocycles. The Balaban J connectivity index is 0. The Morgan fingerprint density at radius 3 is 0.525 bits per heavy atom. The molecular weight excluding hydrogens is 1370 g/mol. The van der Waals surface area contributed by atoms with E-state index in [4.69, 9.17) is 0 Å². The van der Waals surface area contributed by atoms with Crippen LogP contribution < -0.4 is 70.5 Å². The predicted octanol–water partition coefficient (Wildman–Crippen LogP) is 1.41. The standard InChI is InChI=1S/3C13H12O9S3.Ca.Mg.2H3N.Rb/c3*1-7(2)10-8-5-3-4-6-9(8)11(23(14,15)16)13(25(20,21)22)12(10)24(17,18)19;;;;;/h3*3-6H,1H2,2H3,(H,14,15,16)(H,17,18,19)(H,20,21,22);;;2*1H3;/q;;;2*+2;;;+1. The van der Waals surface area contributed by atoms with E-state index < -0.39 is 152 Å². The van der Waals surface area contributed by atoms with Gasteiger partial charge in [0, 0.05) is 32.8 Å². The molecular formula is C39H42CaMgN2O27RbS9+5. The zero-order valence-corrected chi connectivity index (χ0v) is 57.3. The van der Waals surface area contributed by atoms with Crippen molar-refractivity contribution in [3.8, 4) is 0 Å². The number of rotatable bonds is 12. The van der Waals surface area contributed by atoms with Gasteiger partial charge in [0.15, 0.2) is 0 Å². The SMILES string of the molecule is C=C(C)c1c(S(=O)(=O)O)c(S(=O)(=O)O)c(S(=O)(=O)O)c2ccccc12.C=C(C)c1c(S(=O)(=O)O)c(S(=O)(=O)O)c(S(=O)(=O)O)c2ccccc12.C=C(C)c1c(S(=O)(=O)O)c(S(=O)(=O)O)c(S(=O)(=O)O)c2ccccc12.N.N.[Ca+2].[Mg+2].[Rb+]. The molecule has 0 saturated carbocycles. The van der Waals surface area contributed by atoms with Crippen LogP contribution in [0.5, 0.6) is 0 Å². The van der Waals surface area contributed by atoms with E-state index in [-0.39, 0.29) is 180 Å². The Kier molecular flexibility index (Phi) is 27.9. The Morgan fingerprint density at radius 2 is 0.412 bits per heavy atom. The Bertz CT molecular complexity index is 4170. The van der Waals surface area contributed by atoms with Gasteiger partial charge in [0.1, 0.15) is 44.1 Å². The summed E-state index contributed by atoms with van der Waals surface area (Å²) >= 11 is 0. The largest absolute Gasteiger partial charge is 2.00 e. The average molecular weight is 1410 g/mol. The maximum atomic E-state index is 11.8. The second-order valence-corrected chi connectivity index (χ2v) is 27.6. The van der Waals surface area contributed by atoms with Gasteiger partial charge in [-0.2, -0.15) is 75.8 Å². The summed E-state index contributed by atoms with van der Waals surface area (Å²) < 4.78 is 297. The number of hydrogen-bond acceptors (Lipinski definition) is 20. The number of fused-ring (bicyclic) bond motifs is 3. The predicted molar refractivity (Wildman–Crippen MR) is 286 cm³/mol. The molecule has 0 spiro atoms. The number of hydrogen-bond donors (Lipinski definition) is 11. The van der Waals surface area contributed by atoms with Crippen molar-refractivity contribution in [3.05, 3.63) is 109 Å². The molecule has 41 heteroatoms. The van der Waals surface area contributed by atoms with E-state index >= 15 is 0 Å². The Labute approximate surface area is 553 Å². The molecule has 0 aliphatic heterocycles. The Hall–Kier alpha value is -1.74. The van der Waals surface area contributed by atoms with E-state index in [0.717, 1.165) is 18.2 Å².